The fraction of sp³-hybridized carbons (Fsp3) is 0.350. The first-order valence-electron chi connectivity index (χ1n) is 9.18. The standard InChI is InChI=1S/C20H23N5OS/c1-15(25-14-21-13-23-25)20(26)22-11-18(16-5-3-2-4-6-16)24-9-7-19-17(12-24)8-10-27-19/h2-6,8,10,13-15,18H,7,9,11-12H2,1H3,(H,22,26)/t15-,18+/m0/s1. The summed E-state index contributed by atoms with van der Waals surface area (Å²) in [6, 6.07) is 12.4. The number of aromatic nitrogens is 3. The minimum absolute atomic E-state index is 0.0466. The third-order valence-electron chi connectivity index (χ3n) is 5.14. The molecule has 1 aliphatic heterocycles. The van der Waals surface area contributed by atoms with Gasteiger partial charge in [-0.3, -0.25) is 9.69 Å². The van der Waals surface area contributed by atoms with Crippen LogP contribution in [-0.2, 0) is 17.8 Å². The van der Waals surface area contributed by atoms with Gasteiger partial charge in [-0.05, 0) is 35.9 Å². The number of nitrogens with zero attached hydrogens (tertiary/aromatic N) is 4. The molecule has 4 rings (SSSR count). The second-order valence-electron chi connectivity index (χ2n) is 6.81. The van der Waals surface area contributed by atoms with Crippen molar-refractivity contribution < 1.29 is 4.79 Å². The number of thiophene rings is 1. The number of nitrogens with one attached hydrogen (secondary N) is 1. The smallest absolute Gasteiger partial charge is 0.244 e. The SMILES string of the molecule is C[C@@H](C(=O)NC[C@H](c1ccccc1)N1CCc2sccc2C1)n1cncn1. The monoisotopic (exact) mass is 381 g/mol. The topological polar surface area (TPSA) is 63.1 Å². The molecule has 0 spiro atoms. The molecule has 0 fully saturated rings. The minimum atomic E-state index is -0.381. The molecule has 7 heteroatoms. The second kappa shape index (κ2) is 8.02. The molecule has 0 bridgehead atoms. The molecule has 1 aromatic carbocycles. The Balaban J connectivity index is 1.48. The molecule has 6 nitrogen and oxygen atoms in total. The molecular formula is C20H23N5OS. The van der Waals surface area contributed by atoms with Gasteiger partial charge < -0.3 is 5.32 Å². The van der Waals surface area contributed by atoms with Gasteiger partial charge in [0, 0.05) is 24.5 Å². The predicted molar refractivity (Wildman–Crippen MR) is 105 cm³/mol. The van der Waals surface area contributed by atoms with Crippen LogP contribution < -0.4 is 5.32 Å². The van der Waals surface area contributed by atoms with E-state index in [0.717, 1.165) is 19.5 Å². The van der Waals surface area contributed by atoms with E-state index in [9.17, 15) is 4.79 Å². The number of carbonyl (C=O) groups excluding carboxylic acids is 1. The van der Waals surface area contributed by atoms with Crippen LogP contribution in [0.1, 0.15) is 35.0 Å². The second-order valence-corrected chi connectivity index (χ2v) is 7.81. The van der Waals surface area contributed by atoms with Gasteiger partial charge in [-0.25, -0.2) is 9.67 Å². The molecule has 0 aliphatic carbocycles. The number of hydrogen-bond acceptors (Lipinski definition) is 5. The average molecular weight is 382 g/mol. The molecule has 1 amide bonds. The van der Waals surface area contributed by atoms with Crippen LogP contribution in [0.15, 0.2) is 54.4 Å². The summed E-state index contributed by atoms with van der Waals surface area (Å²) in [5.74, 6) is -0.0466. The quantitative estimate of drug-likeness (QED) is 0.713. The predicted octanol–water partition coefficient (Wildman–Crippen LogP) is 2.82. The maximum Gasteiger partial charge on any atom is 0.244 e. The van der Waals surface area contributed by atoms with Gasteiger partial charge in [0.1, 0.15) is 18.7 Å². The van der Waals surface area contributed by atoms with Gasteiger partial charge in [-0.15, -0.1) is 11.3 Å². The van der Waals surface area contributed by atoms with Crippen LogP contribution in [0.3, 0.4) is 0 Å². The molecule has 0 saturated heterocycles. The first kappa shape index (κ1) is 17.9. The number of benzene rings is 1. The first-order chi connectivity index (χ1) is 13.2. The van der Waals surface area contributed by atoms with Gasteiger partial charge in [0.2, 0.25) is 5.91 Å². The highest BCUT2D eigenvalue weighted by Gasteiger charge is 2.26. The molecule has 140 valence electrons. The lowest BCUT2D eigenvalue weighted by atomic mass is 10.0. The van der Waals surface area contributed by atoms with Gasteiger partial charge in [0.05, 0.1) is 6.04 Å². The van der Waals surface area contributed by atoms with Crippen LogP contribution in [0.5, 0.6) is 0 Å². The Morgan fingerprint density at radius 1 is 1.30 bits per heavy atom. The van der Waals surface area contributed by atoms with Crippen molar-refractivity contribution >= 4 is 17.2 Å². The highest BCUT2D eigenvalue weighted by molar-refractivity contribution is 7.10. The Morgan fingerprint density at radius 2 is 2.15 bits per heavy atom. The number of hydrogen-bond donors (Lipinski definition) is 1. The molecule has 1 N–H and O–H groups in total. The van der Waals surface area contributed by atoms with Gasteiger partial charge in [-0.2, -0.15) is 5.10 Å². The molecule has 2 atom stereocenters. The van der Waals surface area contributed by atoms with E-state index in [1.54, 1.807) is 11.0 Å². The molecule has 0 unspecified atom stereocenters. The van der Waals surface area contributed by atoms with Crippen molar-refractivity contribution in [3.8, 4) is 0 Å². The molecule has 3 heterocycles. The van der Waals surface area contributed by atoms with Crippen LogP contribution in [-0.4, -0.2) is 38.7 Å². The van der Waals surface area contributed by atoms with Gasteiger partial charge in [-0.1, -0.05) is 30.3 Å². The van der Waals surface area contributed by atoms with Crippen LogP contribution in [0.25, 0.3) is 0 Å². The summed E-state index contributed by atoms with van der Waals surface area (Å²) < 4.78 is 1.57. The van der Waals surface area contributed by atoms with E-state index < -0.39 is 0 Å². The summed E-state index contributed by atoms with van der Waals surface area (Å²) in [4.78, 5) is 20.5. The third-order valence-corrected chi connectivity index (χ3v) is 6.17. The van der Waals surface area contributed by atoms with Crippen molar-refractivity contribution in [2.24, 2.45) is 0 Å². The van der Waals surface area contributed by atoms with Crippen molar-refractivity contribution in [2.45, 2.75) is 32.0 Å². The van der Waals surface area contributed by atoms with Crippen molar-refractivity contribution in [3.63, 3.8) is 0 Å². The molecule has 0 radical (unpaired) electrons. The lowest BCUT2D eigenvalue weighted by molar-refractivity contribution is -0.124. The first-order valence-corrected chi connectivity index (χ1v) is 10.1. The molecule has 27 heavy (non-hydrogen) atoms. The maximum absolute atomic E-state index is 12.6. The van der Waals surface area contributed by atoms with E-state index in [4.69, 9.17) is 0 Å². The highest BCUT2D eigenvalue weighted by atomic mass is 32.1. The molecular weight excluding hydrogens is 358 g/mol. The molecule has 0 saturated carbocycles. The van der Waals surface area contributed by atoms with Gasteiger partial charge in [0.25, 0.3) is 0 Å². The van der Waals surface area contributed by atoms with E-state index in [1.165, 1.54) is 22.3 Å². The lowest BCUT2D eigenvalue weighted by Gasteiger charge is -2.35. The van der Waals surface area contributed by atoms with Gasteiger partial charge in [0.15, 0.2) is 0 Å². The van der Waals surface area contributed by atoms with E-state index in [1.807, 2.05) is 24.3 Å². The number of fused-ring (bicyclic) bond motifs is 1. The Hall–Kier alpha value is -2.51. The van der Waals surface area contributed by atoms with Crippen molar-refractivity contribution in [2.75, 3.05) is 13.1 Å². The fourth-order valence-corrected chi connectivity index (χ4v) is 4.44. The van der Waals surface area contributed by atoms with Crippen LogP contribution >= 0.6 is 11.3 Å². The van der Waals surface area contributed by atoms with Crippen molar-refractivity contribution in [3.05, 3.63) is 70.4 Å². The average Bonchev–Trinajstić information content (AvgIpc) is 3.39. The molecule has 2 aromatic heterocycles. The zero-order valence-corrected chi connectivity index (χ0v) is 16.1. The van der Waals surface area contributed by atoms with Crippen LogP contribution in [0.4, 0.5) is 0 Å². The number of carbonyl (C=O) groups is 1. The Kier molecular flexibility index (Phi) is 5.31. The van der Waals surface area contributed by atoms with E-state index >= 15 is 0 Å². The van der Waals surface area contributed by atoms with Crippen LogP contribution in [0.2, 0.25) is 0 Å². The lowest BCUT2D eigenvalue weighted by Crippen LogP contribution is -2.42. The number of rotatable bonds is 6. The van der Waals surface area contributed by atoms with E-state index in [0.29, 0.717) is 6.54 Å². The zero-order chi connectivity index (χ0) is 18.6. The minimum Gasteiger partial charge on any atom is -0.352 e. The zero-order valence-electron chi connectivity index (χ0n) is 15.3. The van der Waals surface area contributed by atoms with E-state index in [2.05, 4.69) is 56.0 Å². The largest absolute Gasteiger partial charge is 0.352 e. The fourth-order valence-electron chi connectivity index (χ4n) is 3.55. The Bertz CT molecular complexity index is 877. The summed E-state index contributed by atoms with van der Waals surface area (Å²) >= 11 is 1.84. The van der Waals surface area contributed by atoms with Gasteiger partial charge >= 0.3 is 0 Å². The summed E-state index contributed by atoms with van der Waals surface area (Å²) in [7, 11) is 0. The van der Waals surface area contributed by atoms with Crippen LogP contribution in [0, 0.1) is 0 Å². The highest BCUT2D eigenvalue weighted by Crippen LogP contribution is 2.30. The molecule has 3 aromatic rings. The molecule has 1 aliphatic rings. The summed E-state index contributed by atoms with van der Waals surface area (Å²) in [6.45, 7) is 4.33. The van der Waals surface area contributed by atoms with E-state index in [-0.39, 0.29) is 18.0 Å². The third kappa shape index (κ3) is 3.94. The Labute approximate surface area is 162 Å². The normalized spacial score (nSPS) is 16.5. The van der Waals surface area contributed by atoms with Crippen molar-refractivity contribution in [1.82, 2.24) is 25.0 Å². The summed E-state index contributed by atoms with van der Waals surface area (Å²) in [5, 5.41) is 9.36. The maximum atomic E-state index is 12.6. The summed E-state index contributed by atoms with van der Waals surface area (Å²) in [6.07, 6.45) is 4.09. The summed E-state index contributed by atoms with van der Waals surface area (Å²) in [5.41, 5.74) is 2.64. The van der Waals surface area contributed by atoms with Crippen molar-refractivity contribution in [1.29, 1.82) is 0 Å². The number of amides is 1. The Morgan fingerprint density at radius 3 is 2.93 bits per heavy atom.